The summed E-state index contributed by atoms with van der Waals surface area (Å²) in [5.74, 6) is 0.932. The summed E-state index contributed by atoms with van der Waals surface area (Å²) in [5, 5.41) is 10.4. The molecule has 22 heavy (non-hydrogen) atoms. The molecule has 1 heterocycles. The van der Waals surface area contributed by atoms with Crippen molar-refractivity contribution in [3.63, 3.8) is 0 Å². The van der Waals surface area contributed by atoms with E-state index in [1.165, 1.54) is 12.7 Å². The Morgan fingerprint density at radius 1 is 0.864 bits per heavy atom. The van der Waals surface area contributed by atoms with E-state index in [-0.39, 0.29) is 22.6 Å². The molecular weight excluding hydrogens is 278 g/mol. The molecular formula is C17H23N3O2. The van der Waals surface area contributed by atoms with Gasteiger partial charge in [0, 0.05) is 11.1 Å². The summed E-state index contributed by atoms with van der Waals surface area (Å²) in [6.07, 6.45) is 2.79. The Kier molecular flexibility index (Phi) is 4.09. The minimum atomic E-state index is -0.217. The number of aromatic hydroxyl groups is 1. The van der Waals surface area contributed by atoms with Crippen molar-refractivity contribution in [1.82, 2.24) is 15.0 Å². The zero-order valence-corrected chi connectivity index (χ0v) is 14.0. The molecule has 1 aromatic carbocycles. The number of hydrogen-bond donors (Lipinski definition) is 1. The first-order valence-electron chi connectivity index (χ1n) is 7.27. The van der Waals surface area contributed by atoms with Gasteiger partial charge in [0.05, 0.1) is 0 Å². The summed E-state index contributed by atoms with van der Waals surface area (Å²) in [7, 11) is 0. The Bertz CT molecular complexity index is 656. The molecule has 0 saturated heterocycles. The van der Waals surface area contributed by atoms with Gasteiger partial charge in [-0.2, -0.15) is 9.97 Å². The first-order valence-corrected chi connectivity index (χ1v) is 7.27. The predicted molar refractivity (Wildman–Crippen MR) is 85.4 cm³/mol. The van der Waals surface area contributed by atoms with Gasteiger partial charge >= 0.3 is 6.01 Å². The second-order valence-corrected chi connectivity index (χ2v) is 7.36. The van der Waals surface area contributed by atoms with Crippen LogP contribution in [0, 0.1) is 0 Å². The summed E-state index contributed by atoms with van der Waals surface area (Å²) in [6, 6.07) is 3.66. The maximum absolute atomic E-state index is 10.4. The summed E-state index contributed by atoms with van der Waals surface area (Å²) in [6.45, 7) is 12.5. The summed E-state index contributed by atoms with van der Waals surface area (Å²) in [4.78, 5) is 11.8. The molecule has 0 unspecified atom stereocenters. The number of nitrogens with zero attached hydrogens (tertiary/aromatic N) is 3. The second-order valence-electron chi connectivity index (χ2n) is 7.36. The molecule has 2 rings (SSSR count). The van der Waals surface area contributed by atoms with Gasteiger partial charge in [0.2, 0.25) is 0 Å². The van der Waals surface area contributed by atoms with E-state index in [4.69, 9.17) is 4.74 Å². The van der Waals surface area contributed by atoms with Crippen molar-refractivity contribution < 1.29 is 9.84 Å². The van der Waals surface area contributed by atoms with E-state index in [1.54, 1.807) is 12.1 Å². The fourth-order valence-corrected chi connectivity index (χ4v) is 2.54. The average Bonchev–Trinajstić information content (AvgIpc) is 2.39. The van der Waals surface area contributed by atoms with Gasteiger partial charge in [-0.05, 0) is 23.0 Å². The lowest BCUT2D eigenvalue weighted by Gasteiger charge is -2.32. The first-order chi connectivity index (χ1) is 10.1. The second kappa shape index (κ2) is 5.55. The minimum Gasteiger partial charge on any atom is -0.508 e. The number of rotatable bonds is 2. The Hall–Kier alpha value is -2.17. The lowest BCUT2D eigenvalue weighted by atomic mass is 9.74. The highest BCUT2D eigenvalue weighted by molar-refractivity contribution is 5.54. The standard InChI is InChI=1S/C17H23N3O2/c1-16(2,3)13-11(21)7-8-12(14(13)17(4,5)6)22-15-19-9-18-10-20-15/h7-10,21H,1-6H3. The molecule has 0 aliphatic rings. The fourth-order valence-electron chi connectivity index (χ4n) is 2.54. The number of benzene rings is 1. The molecule has 0 amide bonds. The van der Waals surface area contributed by atoms with Crippen molar-refractivity contribution in [2.24, 2.45) is 0 Å². The van der Waals surface area contributed by atoms with E-state index in [9.17, 15) is 5.11 Å². The maximum atomic E-state index is 10.4. The smallest absolute Gasteiger partial charge is 0.324 e. The highest BCUT2D eigenvalue weighted by Crippen LogP contribution is 2.45. The van der Waals surface area contributed by atoms with Crippen molar-refractivity contribution >= 4 is 0 Å². The van der Waals surface area contributed by atoms with Crippen LogP contribution in [-0.4, -0.2) is 20.1 Å². The lowest BCUT2D eigenvalue weighted by Crippen LogP contribution is -2.23. The number of phenols is 1. The molecule has 5 nitrogen and oxygen atoms in total. The summed E-state index contributed by atoms with van der Waals surface area (Å²) in [5.41, 5.74) is 1.42. The highest BCUT2D eigenvalue weighted by Gasteiger charge is 2.31. The van der Waals surface area contributed by atoms with Crippen molar-refractivity contribution in [1.29, 1.82) is 0 Å². The summed E-state index contributed by atoms with van der Waals surface area (Å²) < 4.78 is 5.85. The van der Waals surface area contributed by atoms with Gasteiger partial charge in [0.25, 0.3) is 0 Å². The number of aromatic nitrogens is 3. The molecule has 0 aliphatic heterocycles. The monoisotopic (exact) mass is 301 g/mol. The van der Waals surface area contributed by atoms with Gasteiger partial charge in [0.15, 0.2) is 0 Å². The van der Waals surface area contributed by atoms with Crippen molar-refractivity contribution in [3.8, 4) is 17.5 Å². The molecule has 0 atom stereocenters. The average molecular weight is 301 g/mol. The first kappa shape index (κ1) is 16.2. The van der Waals surface area contributed by atoms with Gasteiger partial charge in [-0.3, -0.25) is 0 Å². The largest absolute Gasteiger partial charge is 0.508 e. The molecule has 0 aliphatic carbocycles. The van der Waals surface area contributed by atoms with Crippen LogP contribution >= 0.6 is 0 Å². The van der Waals surface area contributed by atoms with Gasteiger partial charge < -0.3 is 9.84 Å². The zero-order chi connectivity index (χ0) is 16.5. The van der Waals surface area contributed by atoms with Crippen LogP contribution in [0.3, 0.4) is 0 Å². The van der Waals surface area contributed by atoms with Crippen LogP contribution in [0.1, 0.15) is 52.7 Å². The molecule has 2 aromatic rings. The maximum Gasteiger partial charge on any atom is 0.324 e. The fraction of sp³-hybridized carbons (Fsp3) is 0.471. The van der Waals surface area contributed by atoms with E-state index in [0.29, 0.717) is 5.75 Å². The normalized spacial score (nSPS) is 12.3. The van der Waals surface area contributed by atoms with Crippen molar-refractivity contribution in [3.05, 3.63) is 35.9 Å². The Morgan fingerprint density at radius 2 is 1.41 bits per heavy atom. The van der Waals surface area contributed by atoms with Crippen LogP contribution in [0.2, 0.25) is 0 Å². The number of ether oxygens (including phenoxy) is 1. The lowest BCUT2D eigenvalue weighted by molar-refractivity contribution is 0.398. The van der Waals surface area contributed by atoms with E-state index >= 15 is 0 Å². The molecule has 5 heteroatoms. The van der Waals surface area contributed by atoms with Crippen molar-refractivity contribution in [2.45, 2.75) is 52.4 Å². The van der Waals surface area contributed by atoms with Crippen LogP contribution in [0.4, 0.5) is 0 Å². The van der Waals surface area contributed by atoms with Gasteiger partial charge in [-0.1, -0.05) is 41.5 Å². The summed E-state index contributed by atoms with van der Waals surface area (Å²) >= 11 is 0. The number of hydrogen-bond acceptors (Lipinski definition) is 5. The predicted octanol–water partition coefficient (Wildman–Crippen LogP) is 3.96. The third-order valence-corrected chi connectivity index (χ3v) is 3.32. The van der Waals surface area contributed by atoms with Gasteiger partial charge in [0.1, 0.15) is 24.2 Å². The number of phenolic OH excluding ortho intramolecular Hbond substituents is 1. The van der Waals surface area contributed by atoms with E-state index in [1.807, 2.05) is 0 Å². The van der Waals surface area contributed by atoms with E-state index in [2.05, 4.69) is 56.5 Å². The van der Waals surface area contributed by atoms with Gasteiger partial charge in [-0.15, -0.1) is 0 Å². The molecule has 0 spiro atoms. The van der Waals surface area contributed by atoms with E-state index < -0.39 is 0 Å². The van der Waals surface area contributed by atoms with Crippen LogP contribution in [0.25, 0.3) is 0 Å². The zero-order valence-electron chi connectivity index (χ0n) is 14.0. The molecule has 1 N–H and O–H groups in total. The van der Waals surface area contributed by atoms with Crippen LogP contribution in [0.5, 0.6) is 17.5 Å². The van der Waals surface area contributed by atoms with Crippen LogP contribution in [0.15, 0.2) is 24.8 Å². The quantitative estimate of drug-likeness (QED) is 0.909. The molecule has 1 aromatic heterocycles. The molecule has 118 valence electrons. The van der Waals surface area contributed by atoms with Gasteiger partial charge in [-0.25, -0.2) is 4.98 Å². The molecule has 0 bridgehead atoms. The van der Waals surface area contributed by atoms with Crippen molar-refractivity contribution in [2.75, 3.05) is 0 Å². The van der Waals surface area contributed by atoms with Crippen LogP contribution < -0.4 is 4.74 Å². The third kappa shape index (κ3) is 3.35. The minimum absolute atomic E-state index is 0.205. The van der Waals surface area contributed by atoms with Crippen LogP contribution in [-0.2, 0) is 10.8 Å². The van der Waals surface area contributed by atoms with E-state index in [0.717, 1.165) is 11.1 Å². The third-order valence-electron chi connectivity index (χ3n) is 3.32. The Balaban J connectivity index is 2.65. The highest BCUT2D eigenvalue weighted by atomic mass is 16.5. The SMILES string of the molecule is CC(C)(C)c1c(O)ccc(Oc2ncncn2)c1C(C)(C)C. The molecule has 0 saturated carbocycles. The topological polar surface area (TPSA) is 68.1 Å². The Labute approximate surface area is 131 Å². The Morgan fingerprint density at radius 3 is 1.91 bits per heavy atom. The molecule has 0 fully saturated rings. The molecule has 0 radical (unpaired) electrons.